The second-order valence-corrected chi connectivity index (χ2v) is 6.59. The van der Waals surface area contributed by atoms with E-state index in [9.17, 15) is 0 Å². The van der Waals surface area contributed by atoms with Crippen molar-refractivity contribution in [2.24, 2.45) is 0 Å². The summed E-state index contributed by atoms with van der Waals surface area (Å²) in [5.41, 5.74) is 3.17. The summed E-state index contributed by atoms with van der Waals surface area (Å²) in [6.45, 7) is 0. The molecule has 0 aliphatic rings. The minimum absolute atomic E-state index is 0.893. The first-order valence-corrected chi connectivity index (χ1v) is 8.66. The molecule has 0 N–H and O–H groups in total. The topological polar surface area (TPSA) is 30.2 Å². The number of hydrogen-bond donors (Lipinski definition) is 0. The van der Waals surface area contributed by atoms with Crippen molar-refractivity contribution in [3.63, 3.8) is 0 Å². The Morgan fingerprint density at radius 3 is 2.46 bits per heavy atom. The molecule has 0 bridgehead atoms. The summed E-state index contributed by atoms with van der Waals surface area (Å²) >= 11 is 1.68. The highest BCUT2D eigenvalue weighted by Crippen LogP contribution is 2.32. The Kier molecular flexibility index (Phi) is 2.96. The van der Waals surface area contributed by atoms with Gasteiger partial charge < -0.3 is 0 Å². The molecule has 0 aliphatic heterocycles. The molecule has 0 spiro atoms. The van der Waals surface area contributed by atoms with Gasteiger partial charge in [0.2, 0.25) is 0 Å². The second kappa shape index (κ2) is 5.28. The highest BCUT2D eigenvalue weighted by Gasteiger charge is 2.16. The number of thiophene rings is 1. The Bertz CT molecular complexity index is 1140. The summed E-state index contributed by atoms with van der Waals surface area (Å²) in [5.74, 6) is 0.893. The van der Waals surface area contributed by atoms with Crippen molar-refractivity contribution in [2.45, 2.75) is 0 Å². The van der Waals surface area contributed by atoms with Crippen molar-refractivity contribution >= 4 is 27.8 Å². The molecule has 0 radical (unpaired) electrons. The van der Waals surface area contributed by atoms with Gasteiger partial charge in [-0.25, -0.2) is 0 Å². The molecule has 0 amide bonds. The molecular weight excluding hydrogens is 314 g/mol. The maximum Gasteiger partial charge on any atom is 0.178 e. The van der Waals surface area contributed by atoms with E-state index >= 15 is 0 Å². The van der Waals surface area contributed by atoms with Crippen LogP contribution in [-0.2, 0) is 0 Å². The van der Waals surface area contributed by atoms with Crippen molar-refractivity contribution in [3.8, 4) is 22.0 Å². The normalized spacial score (nSPS) is 11.3. The van der Waals surface area contributed by atoms with Crippen LogP contribution >= 0.6 is 11.3 Å². The molecule has 0 saturated carbocycles. The Labute approximate surface area is 142 Å². The molecule has 0 unspecified atom stereocenters. The number of fused-ring (bicyclic) bond motifs is 3. The molecule has 0 fully saturated rings. The highest BCUT2D eigenvalue weighted by molar-refractivity contribution is 7.13. The Hall–Kier alpha value is -2.98. The number of nitrogens with zero attached hydrogens (tertiary/aromatic N) is 3. The highest BCUT2D eigenvalue weighted by atomic mass is 32.1. The van der Waals surface area contributed by atoms with Gasteiger partial charge in [0.15, 0.2) is 11.5 Å². The largest absolute Gasteiger partial charge is 0.274 e. The van der Waals surface area contributed by atoms with Crippen LogP contribution < -0.4 is 0 Å². The van der Waals surface area contributed by atoms with Crippen LogP contribution in [0.4, 0.5) is 0 Å². The third-order valence-corrected chi connectivity index (χ3v) is 5.07. The lowest BCUT2D eigenvalue weighted by Gasteiger charge is -2.10. The molecule has 5 rings (SSSR count). The molecule has 4 heteroatoms. The van der Waals surface area contributed by atoms with Crippen LogP contribution in [0.5, 0.6) is 0 Å². The van der Waals surface area contributed by atoms with Crippen LogP contribution in [0.2, 0.25) is 0 Å². The zero-order valence-electron chi connectivity index (χ0n) is 12.8. The first kappa shape index (κ1) is 13.5. The van der Waals surface area contributed by atoms with E-state index in [1.807, 2.05) is 18.2 Å². The Morgan fingerprint density at radius 1 is 0.792 bits per heavy atom. The molecule has 2 aromatic carbocycles. The maximum absolute atomic E-state index is 4.51. The lowest BCUT2D eigenvalue weighted by Crippen LogP contribution is -1.95. The van der Waals surface area contributed by atoms with Gasteiger partial charge in [0.05, 0.1) is 10.6 Å². The van der Waals surface area contributed by atoms with Crippen LogP contribution in [-0.4, -0.2) is 14.6 Å². The fourth-order valence-electron chi connectivity index (χ4n) is 3.11. The smallest absolute Gasteiger partial charge is 0.178 e. The molecular formula is C20H13N3S. The van der Waals surface area contributed by atoms with Gasteiger partial charge in [-0.15, -0.1) is 21.5 Å². The van der Waals surface area contributed by atoms with E-state index in [4.69, 9.17) is 0 Å². The molecule has 3 heterocycles. The first-order valence-electron chi connectivity index (χ1n) is 7.78. The summed E-state index contributed by atoms with van der Waals surface area (Å²) in [6, 6.07) is 25.1. The predicted octanol–water partition coefficient (Wildman–Crippen LogP) is 5.28. The standard InChI is InChI=1S/C20H13N3S/c1-2-7-14(8-3-1)17-13-15-9-4-5-10-16(15)19-21-22-20(23(17)19)18-11-6-12-24-18/h1-13H. The number of aromatic nitrogens is 3. The Morgan fingerprint density at radius 2 is 1.62 bits per heavy atom. The molecule has 5 aromatic rings. The summed E-state index contributed by atoms with van der Waals surface area (Å²) in [7, 11) is 0. The van der Waals surface area contributed by atoms with Gasteiger partial charge in [-0.1, -0.05) is 60.7 Å². The molecule has 114 valence electrons. The minimum atomic E-state index is 0.893. The van der Waals surface area contributed by atoms with Crippen molar-refractivity contribution in [1.29, 1.82) is 0 Å². The van der Waals surface area contributed by atoms with Gasteiger partial charge in [0.1, 0.15) is 0 Å². The summed E-state index contributed by atoms with van der Waals surface area (Å²) in [6.07, 6.45) is 0. The molecule has 3 aromatic heterocycles. The fraction of sp³-hybridized carbons (Fsp3) is 0. The lowest BCUT2D eigenvalue weighted by atomic mass is 10.1. The number of hydrogen-bond acceptors (Lipinski definition) is 3. The van der Waals surface area contributed by atoms with Gasteiger partial charge >= 0.3 is 0 Å². The van der Waals surface area contributed by atoms with E-state index in [-0.39, 0.29) is 0 Å². The van der Waals surface area contributed by atoms with Crippen molar-refractivity contribution < 1.29 is 0 Å². The number of pyridine rings is 1. The lowest BCUT2D eigenvalue weighted by molar-refractivity contribution is 1.12. The Balaban J connectivity index is 1.96. The molecule has 0 aliphatic carbocycles. The average molecular weight is 327 g/mol. The molecule has 3 nitrogen and oxygen atoms in total. The molecule has 0 saturated heterocycles. The molecule has 24 heavy (non-hydrogen) atoms. The van der Waals surface area contributed by atoms with E-state index in [0.29, 0.717) is 0 Å². The van der Waals surface area contributed by atoms with E-state index in [0.717, 1.165) is 33.0 Å². The predicted molar refractivity (Wildman–Crippen MR) is 99.2 cm³/mol. The minimum Gasteiger partial charge on any atom is -0.274 e. The van der Waals surface area contributed by atoms with Crippen molar-refractivity contribution in [2.75, 3.05) is 0 Å². The zero-order chi connectivity index (χ0) is 15.9. The summed E-state index contributed by atoms with van der Waals surface area (Å²) in [5, 5.41) is 13.4. The van der Waals surface area contributed by atoms with Gasteiger partial charge in [0.25, 0.3) is 0 Å². The third kappa shape index (κ3) is 1.97. The quantitative estimate of drug-likeness (QED) is 0.442. The monoisotopic (exact) mass is 327 g/mol. The van der Waals surface area contributed by atoms with Gasteiger partial charge in [-0.05, 0) is 28.5 Å². The van der Waals surface area contributed by atoms with Crippen LogP contribution in [0.3, 0.4) is 0 Å². The van der Waals surface area contributed by atoms with E-state index in [2.05, 4.69) is 74.6 Å². The van der Waals surface area contributed by atoms with Crippen LogP contribution in [0.1, 0.15) is 0 Å². The SMILES string of the molecule is c1ccc(-c2cc3ccccc3c3nnc(-c4cccs4)n23)cc1. The van der Waals surface area contributed by atoms with E-state index in [1.54, 1.807) is 11.3 Å². The number of benzene rings is 2. The summed E-state index contributed by atoms with van der Waals surface area (Å²) in [4.78, 5) is 1.12. The maximum atomic E-state index is 4.51. The first-order chi connectivity index (χ1) is 11.9. The third-order valence-electron chi connectivity index (χ3n) is 4.21. The second-order valence-electron chi connectivity index (χ2n) is 5.64. The fourth-order valence-corrected chi connectivity index (χ4v) is 3.81. The van der Waals surface area contributed by atoms with E-state index in [1.165, 1.54) is 5.39 Å². The molecule has 0 atom stereocenters. The van der Waals surface area contributed by atoms with E-state index < -0.39 is 0 Å². The van der Waals surface area contributed by atoms with Crippen LogP contribution in [0.25, 0.3) is 38.4 Å². The van der Waals surface area contributed by atoms with Gasteiger partial charge in [0, 0.05) is 5.39 Å². The summed E-state index contributed by atoms with van der Waals surface area (Å²) < 4.78 is 2.17. The zero-order valence-corrected chi connectivity index (χ0v) is 13.6. The van der Waals surface area contributed by atoms with Crippen molar-refractivity contribution in [1.82, 2.24) is 14.6 Å². The van der Waals surface area contributed by atoms with Gasteiger partial charge in [-0.3, -0.25) is 4.40 Å². The van der Waals surface area contributed by atoms with Crippen LogP contribution in [0, 0.1) is 0 Å². The van der Waals surface area contributed by atoms with Crippen LogP contribution in [0.15, 0.2) is 78.2 Å². The van der Waals surface area contributed by atoms with Crippen molar-refractivity contribution in [3.05, 3.63) is 78.2 Å². The average Bonchev–Trinajstić information content (AvgIpc) is 3.31. The number of rotatable bonds is 2. The van der Waals surface area contributed by atoms with Gasteiger partial charge in [-0.2, -0.15) is 0 Å².